The van der Waals surface area contributed by atoms with Crippen LogP contribution in [0.3, 0.4) is 0 Å². The molecule has 142 valence electrons. The Labute approximate surface area is 167 Å². The largest absolute Gasteiger partial charge is 0.349 e. The van der Waals surface area contributed by atoms with Crippen molar-refractivity contribution in [3.8, 4) is 0 Å². The number of rotatable bonds is 1. The SMILES string of the molecule is CC(C)N1CN2c3cc4c(cc3Sc3cccc1c32)C(C)(C)CCC4(C)C. The summed E-state index contributed by atoms with van der Waals surface area (Å²) in [5.41, 5.74) is 7.84. The summed E-state index contributed by atoms with van der Waals surface area (Å²) < 4.78 is 0. The molecule has 0 bridgehead atoms. The number of hydrogen-bond donors (Lipinski definition) is 0. The summed E-state index contributed by atoms with van der Waals surface area (Å²) in [6.45, 7) is 15.2. The monoisotopic (exact) mass is 378 g/mol. The second kappa shape index (κ2) is 5.47. The van der Waals surface area contributed by atoms with Crippen LogP contribution in [-0.2, 0) is 10.8 Å². The van der Waals surface area contributed by atoms with Crippen molar-refractivity contribution in [3.63, 3.8) is 0 Å². The lowest BCUT2D eigenvalue weighted by atomic mass is 9.63. The Hall–Kier alpha value is -1.61. The second-order valence-electron chi connectivity index (χ2n) is 9.99. The summed E-state index contributed by atoms with van der Waals surface area (Å²) >= 11 is 1.96. The number of hydrogen-bond acceptors (Lipinski definition) is 3. The number of para-hydroxylation sites is 1. The molecule has 5 rings (SSSR count). The molecule has 2 aromatic carbocycles. The van der Waals surface area contributed by atoms with Crippen LogP contribution in [-0.4, -0.2) is 12.7 Å². The van der Waals surface area contributed by atoms with Gasteiger partial charge in [-0.1, -0.05) is 45.5 Å². The van der Waals surface area contributed by atoms with Crippen molar-refractivity contribution in [2.75, 3.05) is 16.5 Å². The lowest BCUT2D eigenvalue weighted by Crippen LogP contribution is -2.36. The lowest BCUT2D eigenvalue weighted by molar-refractivity contribution is 0.331. The van der Waals surface area contributed by atoms with Gasteiger partial charge in [-0.15, -0.1) is 0 Å². The van der Waals surface area contributed by atoms with E-state index >= 15 is 0 Å². The van der Waals surface area contributed by atoms with Crippen LogP contribution in [0.5, 0.6) is 0 Å². The highest BCUT2D eigenvalue weighted by atomic mass is 32.2. The van der Waals surface area contributed by atoms with E-state index in [-0.39, 0.29) is 10.8 Å². The maximum Gasteiger partial charge on any atom is 0.0956 e. The third-order valence-corrected chi connectivity index (χ3v) is 8.01. The first-order valence-corrected chi connectivity index (χ1v) is 11.0. The molecular formula is C24H30N2S. The molecule has 0 aromatic heterocycles. The molecule has 0 radical (unpaired) electrons. The Balaban J connectivity index is 1.72. The average Bonchev–Trinajstić information content (AvgIpc) is 3.00. The Morgan fingerprint density at radius 3 is 2.22 bits per heavy atom. The topological polar surface area (TPSA) is 6.48 Å². The first-order chi connectivity index (χ1) is 12.7. The van der Waals surface area contributed by atoms with Crippen molar-refractivity contribution < 1.29 is 0 Å². The lowest BCUT2D eigenvalue weighted by Gasteiger charge is -2.43. The standard InChI is InChI=1S/C24H30N2S/c1-15(2)25-14-26-19-12-16-17(24(5,6)11-10-23(16,3)4)13-21(19)27-20-9-7-8-18(25)22(20)26/h7-9,12-13,15H,10-11,14H2,1-6H3. The Bertz CT molecular complexity index is 942. The van der Waals surface area contributed by atoms with Gasteiger partial charge in [0.2, 0.25) is 0 Å². The van der Waals surface area contributed by atoms with Crippen LogP contribution in [0.4, 0.5) is 17.1 Å². The van der Waals surface area contributed by atoms with Gasteiger partial charge in [0.05, 0.1) is 23.7 Å². The zero-order chi connectivity index (χ0) is 19.1. The highest BCUT2D eigenvalue weighted by molar-refractivity contribution is 7.99. The van der Waals surface area contributed by atoms with Crippen LogP contribution in [0.15, 0.2) is 40.1 Å². The van der Waals surface area contributed by atoms with E-state index in [0.29, 0.717) is 6.04 Å². The molecule has 0 spiro atoms. The summed E-state index contributed by atoms with van der Waals surface area (Å²) in [4.78, 5) is 7.92. The molecule has 0 fully saturated rings. The summed E-state index contributed by atoms with van der Waals surface area (Å²) in [6, 6.07) is 12.3. The van der Waals surface area contributed by atoms with Crippen molar-refractivity contribution in [2.45, 2.75) is 81.0 Å². The maximum atomic E-state index is 2.56. The maximum absolute atomic E-state index is 2.56. The van der Waals surface area contributed by atoms with Crippen LogP contribution in [0.25, 0.3) is 0 Å². The van der Waals surface area contributed by atoms with Crippen molar-refractivity contribution in [2.24, 2.45) is 0 Å². The zero-order valence-electron chi connectivity index (χ0n) is 17.4. The van der Waals surface area contributed by atoms with Crippen molar-refractivity contribution >= 4 is 28.8 Å². The first kappa shape index (κ1) is 17.5. The molecule has 0 N–H and O–H groups in total. The second-order valence-corrected chi connectivity index (χ2v) is 11.1. The Kier molecular flexibility index (Phi) is 3.54. The van der Waals surface area contributed by atoms with Gasteiger partial charge in [-0.05, 0) is 72.9 Å². The molecule has 3 heteroatoms. The predicted octanol–water partition coefficient (Wildman–Crippen LogP) is 6.82. The number of benzene rings is 2. The smallest absolute Gasteiger partial charge is 0.0956 e. The predicted molar refractivity (Wildman–Crippen MR) is 117 cm³/mol. The van der Waals surface area contributed by atoms with Gasteiger partial charge in [0, 0.05) is 15.8 Å². The van der Waals surface area contributed by atoms with E-state index in [1.807, 2.05) is 11.8 Å². The van der Waals surface area contributed by atoms with E-state index in [0.717, 1.165) is 6.67 Å². The van der Waals surface area contributed by atoms with E-state index in [1.165, 1.54) is 39.7 Å². The van der Waals surface area contributed by atoms with Gasteiger partial charge < -0.3 is 9.80 Å². The van der Waals surface area contributed by atoms with Gasteiger partial charge in [0.15, 0.2) is 0 Å². The Morgan fingerprint density at radius 2 is 1.56 bits per heavy atom. The van der Waals surface area contributed by atoms with E-state index in [4.69, 9.17) is 0 Å². The molecule has 0 unspecified atom stereocenters. The van der Waals surface area contributed by atoms with Crippen molar-refractivity contribution in [1.82, 2.24) is 0 Å². The Morgan fingerprint density at radius 1 is 0.889 bits per heavy atom. The first-order valence-electron chi connectivity index (χ1n) is 10.2. The molecule has 2 nitrogen and oxygen atoms in total. The molecule has 2 heterocycles. The highest BCUT2D eigenvalue weighted by Crippen LogP contribution is 2.58. The van der Waals surface area contributed by atoms with Crippen molar-refractivity contribution in [1.29, 1.82) is 0 Å². The summed E-state index contributed by atoms with van der Waals surface area (Å²) in [5, 5.41) is 0. The molecule has 0 saturated heterocycles. The van der Waals surface area contributed by atoms with Gasteiger partial charge in [-0.2, -0.15) is 0 Å². The highest BCUT2D eigenvalue weighted by Gasteiger charge is 2.41. The van der Waals surface area contributed by atoms with Gasteiger partial charge in [0.1, 0.15) is 0 Å². The van der Waals surface area contributed by atoms with Crippen molar-refractivity contribution in [3.05, 3.63) is 41.5 Å². The van der Waals surface area contributed by atoms with Gasteiger partial charge >= 0.3 is 0 Å². The third kappa shape index (κ3) is 2.40. The van der Waals surface area contributed by atoms with E-state index in [1.54, 1.807) is 11.1 Å². The number of anilines is 3. The minimum Gasteiger partial charge on any atom is -0.349 e. The van der Waals surface area contributed by atoms with Gasteiger partial charge in [0.25, 0.3) is 0 Å². The van der Waals surface area contributed by atoms with E-state index in [9.17, 15) is 0 Å². The van der Waals surface area contributed by atoms with Gasteiger partial charge in [-0.3, -0.25) is 0 Å². The molecule has 3 aliphatic rings. The molecule has 2 aromatic rings. The van der Waals surface area contributed by atoms with Crippen LogP contribution in [0.2, 0.25) is 0 Å². The molecule has 1 aliphatic carbocycles. The summed E-state index contributed by atoms with van der Waals surface area (Å²) in [7, 11) is 0. The van der Waals surface area contributed by atoms with Crippen LogP contribution in [0.1, 0.15) is 65.5 Å². The molecule has 0 saturated carbocycles. The van der Waals surface area contributed by atoms with Gasteiger partial charge in [-0.25, -0.2) is 0 Å². The van der Waals surface area contributed by atoms with E-state index < -0.39 is 0 Å². The normalized spacial score (nSPS) is 21.1. The van der Waals surface area contributed by atoms with E-state index in [2.05, 4.69) is 81.7 Å². The molecular weight excluding hydrogens is 348 g/mol. The average molecular weight is 379 g/mol. The number of nitrogens with zero attached hydrogens (tertiary/aromatic N) is 2. The minimum absolute atomic E-state index is 0.252. The fourth-order valence-corrected chi connectivity index (χ4v) is 6.17. The zero-order valence-corrected chi connectivity index (χ0v) is 18.2. The fourth-order valence-electron chi connectivity index (χ4n) is 5.03. The van der Waals surface area contributed by atoms with Crippen LogP contribution in [0, 0.1) is 0 Å². The molecule has 27 heavy (non-hydrogen) atoms. The molecule has 0 amide bonds. The van der Waals surface area contributed by atoms with Crippen LogP contribution < -0.4 is 9.80 Å². The summed E-state index contributed by atoms with van der Waals surface area (Å²) in [5.74, 6) is 0. The minimum atomic E-state index is 0.252. The molecule has 2 aliphatic heterocycles. The third-order valence-electron chi connectivity index (χ3n) is 6.92. The quantitative estimate of drug-likeness (QED) is 0.537. The fraction of sp³-hybridized carbons (Fsp3) is 0.500. The number of fused-ring (bicyclic) bond motifs is 3. The van der Waals surface area contributed by atoms with Crippen LogP contribution >= 0.6 is 11.8 Å². The molecule has 0 atom stereocenters. The summed E-state index contributed by atoms with van der Waals surface area (Å²) in [6.07, 6.45) is 2.53.